The standard InChI is InChI=1S/C11H16N2O2S/c1-7-3-9(15-2)10(16-7)11(14)13-6-8-4-12-5-8/h3,8,12H,4-6H2,1-2H3,(H,13,14). The van der Waals surface area contributed by atoms with E-state index >= 15 is 0 Å². The Morgan fingerprint density at radius 1 is 1.69 bits per heavy atom. The van der Waals surface area contributed by atoms with E-state index in [9.17, 15) is 4.79 Å². The molecule has 2 N–H and O–H groups in total. The number of amides is 1. The summed E-state index contributed by atoms with van der Waals surface area (Å²) < 4.78 is 5.17. The van der Waals surface area contributed by atoms with Crippen molar-refractivity contribution in [3.63, 3.8) is 0 Å². The van der Waals surface area contributed by atoms with E-state index in [1.54, 1.807) is 7.11 Å². The van der Waals surface area contributed by atoms with E-state index in [1.807, 2.05) is 13.0 Å². The maximum absolute atomic E-state index is 11.9. The summed E-state index contributed by atoms with van der Waals surface area (Å²) in [7, 11) is 1.59. The van der Waals surface area contributed by atoms with Crippen LogP contribution >= 0.6 is 11.3 Å². The number of ether oxygens (including phenoxy) is 1. The zero-order valence-corrected chi connectivity index (χ0v) is 10.3. The Kier molecular flexibility index (Phi) is 3.46. The lowest BCUT2D eigenvalue weighted by Crippen LogP contribution is -2.48. The smallest absolute Gasteiger partial charge is 0.265 e. The molecule has 1 aliphatic rings. The Labute approximate surface area is 99.0 Å². The second-order valence-corrected chi connectivity index (χ2v) is 5.25. The van der Waals surface area contributed by atoms with E-state index in [1.165, 1.54) is 11.3 Å². The predicted octanol–water partition coefficient (Wildman–Crippen LogP) is 1.01. The second kappa shape index (κ2) is 4.84. The molecule has 2 rings (SSSR count). The van der Waals surface area contributed by atoms with E-state index < -0.39 is 0 Å². The van der Waals surface area contributed by atoms with Gasteiger partial charge in [-0.3, -0.25) is 4.79 Å². The van der Waals surface area contributed by atoms with Crippen molar-refractivity contribution < 1.29 is 9.53 Å². The third-order valence-electron chi connectivity index (χ3n) is 2.66. The molecule has 0 bridgehead atoms. The third kappa shape index (κ3) is 2.36. The first-order chi connectivity index (χ1) is 7.70. The van der Waals surface area contributed by atoms with Gasteiger partial charge in [0, 0.05) is 30.4 Å². The first-order valence-corrected chi connectivity index (χ1v) is 6.15. The fourth-order valence-corrected chi connectivity index (χ4v) is 2.51. The second-order valence-electron chi connectivity index (χ2n) is 3.99. The van der Waals surface area contributed by atoms with Crippen LogP contribution in [0.2, 0.25) is 0 Å². The molecular formula is C11H16N2O2S. The summed E-state index contributed by atoms with van der Waals surface area (Å²) in [6.07, 6.45) is 0. The minimum atomic E-state index is -0.0261. The van der Waals surface area contributed by atoms with Crippen LogP contribution in [0.15, 0.2) is 6.07 Å². The van der Waals surface area contributed by atoms with Crippen LogP contribution in [0.25, 0.3) is 0 Å². The number of hydrogen-bond donors (Lipinski definition) is 2. The molecule has 1 aromatic heterocycles. The maximum Gasteiger partial charge on any atom is 0.265 e. The third-order valence-corrected chi connectivity index (χ3v) is 3.70. The average molecular weight is 240 g/mol. The van der Waals surface area contributed by atoms with Gasteiger partial charge >= 0.3 is 0 Å². The molecule has 1 aliphatic heterocycles. The van der Waals surface area contributed by atoms with Crippen molar-refractivity contribution >= 4 is 17.2 Å². The zero-order valence-electron chi connectivity index (χ0n) is 9.50. The van der Waals surface area contributed by atoms with E-state index in [0.29, 0.717) is 16.5 Å². The van der Waals surface area contributed by atoms with Crippen LogP contribution in [0, 0.1) is 12.8 Å². The molecule has 0 unspecified atom stereocenters. The van der Waals surface area contributed by atoms with Crippen molar-refractivity contribution in [2.24, 2.45) is 5.92 Å². The largest absolute Gasteiger partial charge is 0.495 e. The molecule has 2 heterocycles. The van der Waals surface area contributed by atoms with Crippen LogP contribution in [0.3, 0.4) is 0 Å². The predicted molar refractivity (Wildman–Crippen MR) is 64.3 cm³/mol. The van der Waals surface area contributed by atoms with Crippen LogP contribution in [0.5, 0.6) is 5.75 Å². The number of carbonyl (C=O) groups excluding carboxylic acids is 1. The molecule has 4 nitrogen and oxygen atoms in total. The lowest BCUT2D eigenvalue weighted by molar-refractivity contribution is 0.0943. The van der Waals surface area contributed by atoms with Gasteiger partial charge < -0.3 is 15.4 Å². The fourth-order valence-electron chi connectivity index (χ4n) is 1.61. The fraction of sp³-hybridized carbons (Fsp3) is 0.545. The Morgan fingerprint density at radius 3 is 3.00 bits per heavy atom. The van der Waals surface area contributed by atoms with Crippen molar-refractivity contribution in [3.05, 3.63) is 15.8 Å². The Bertz CT molecular complexity index is 385. The van der Waals surface area contributed by atoms with Gasteiger partial charge in [0.15, 0.2) is 0 Å². The molecule has 1 aromatic rings. The van der Waals surface area contributed by atoms with Crippen molar-refractivity contribution in [3.8, 4) is 5.75 Å². The highest BCUT2D eigenvalue weighted by atomic mass is 32.1. The quantitative estimate of drug-likeness (QED) is 0.826. The number of aryl methyl sites for hydroxylation is 1. The van der Waals surface area contributed by atoms with Crippen molar-refractivity contribution in [1.29, 1.82) is 0 Å². The van der Waals surface area contributed by atoms with Crippen molar-refractivity contribution in [2.75, 3.05) is 26.7 Å². The molecule has 0 aliphatic carbocycles. The highest BCUT2D eigenvalue weighted by Crippen LogP contribution is 2.28. The SMILES string of the molecule is COc1cc(C)sc1C(=O)NCC1CNC1. The normalized spacial score (nSPS) is 15.6. The molecule has 0 saturated carbocycles. The number of hydrogen-bond acceptors (Lipinski definition) is 4. The summed E-state index contributed by atoms with van der Waals surface area (Å²) >= 11 is 1.47. The maximum atomic E-state index is 11.9. The number of carbonyl (C=O) groups is 1. The Balaban J connectivity index is 1.96. The zero-order chi connectivity index (χ0) is 11.5. The van der Waals surface area contributed by atoms with Gasteiger partial charge in [0.25, 0.3) is 5.91 Å². The summed E-state index contributed by atoms with van der Waals surface area (Å²) in [6.45, 7) is 4.72. The lowest BCUT2D eigenvalue weighted by Gasteiger charge is -2.26. The number of nitrogens with one attached hydrogen (secondary N) is 2. The Morgan fingerprint density at radius 2 is 2.44 bits per heavy atom. The summed E-state index contributed by atoms with van der Waals surface area (Å²) in [4.78, 5) is 13.6. The van der Waals surface area contributed by atoms with Gasteiger partial charge in [-0.05, 0) is 13.0 Å². The summed E-state index contributed by atoms with van der Waals surface area (Å²) in [5, 5.41) is 6.12. The van der Waals surface area contributed by atoms with Gasteiger partial charge in [0.2, 0.25) is 0 Å². The van der Waals surface area contributed by atoms with Crippen LogP contribution < -0.4 is 15.4 Å². The lowest BCUT2D eigenvalue weighted by atomic mass is 10.0. The first-order valence-electron chi connectivity index (χ1n) is 5.34. The van der Waals surface area contributed by atoms with Gasteiger partial charge in [-0.2, -0.15) is 0 Å². The van der Waals surface area contributed by atoms with Gasteiger partial charge in [-0.25, -0.2) is 0 Å². The average Bonchev–Trinajstić information content (AvgIpc) is 2.57. The topological polar surface area (TPSA) is 50.4 Å². The molecule has 1 amide bonds. The Hall–Kier alpha value is -1.07. The number of thiophene rings is 1. The molecule has 16 heavy (non-hydrogen) atoms. The van der Waals surface area contributed by atoms with Gasteiger partial charge in [0.1, 0.15) is 10.6 Å². The molecular weight excluding hydrogens is 224 g/mol. The van der Waals surface area contributed by atoms with Gasteiger partial charge in [0.05, 0.1) is 7.11 Å². The monoisotopic (exact) mass is 240 g/mol. The van der Waals surface area contributed by atoms with Gasteiger partial charge in [-0.15, -0.1) is 11.3 Å². The highest BCUT2D eigenvalue weighted by Gasteiger charge is 2.20. The molecule has 0 atom stereocenters. The summed E-state index contributed by atoms with van der Waals surface area (Å²) in [5.41, 5.74) is 0. The molecule has 0 spiro atoms. The first kappa shape index (κ1) is 11.4. The van der Waals surface area contributed by atoms with E-state index in [-0.39, 0.29) is 5.91 Å². The summed E-state index contributed by atoms with van der Waals surface area (Å²) in [6, 6.07) is 1.89. The van der Waals surface area contributed by atoms with E-state index in [0.717, 1.165) is 24.5 Å². The molecule has 5 heteroatoms. The molecule has 88 valence electrons. The summed E-state index contributed by atoms with van der Waals surface area (Å²) in [5.74, 6) is 1.23. The van der Waals surface area contributed by atoms with Gasteiger partial charge in [-0.1, -0.05) is 0 Å². The van der Waals surface area contributed by atoms with Crippen molar-refractivity contribution in [2.45, 2.75) is 6.92 Å². The van der Waals surface area contributed by atoms with Crippen LogP contribution in [0.4, 0.5) is 0 Å². The molecule has 1 saturated heterocycles. The number of methoxy groups -OCH3 is 1. The van der Waals surface area contributed by atoms with Crippen LogP contribution in [-0.2, 0) is 0 Å². The van der Waals surface area contributed by atoms with E-state index in [4.69, 9.17) is 4.74 Å². The highest BCUT2D eigenvalue weighted by molar-refractivity contribution is 7.14. The van der Waals surface area contributed by atoms with Crippen LogP contribution in [0.1, 0.15) is 14.5 Å². The molecule has 0 radical (unpaired) electrons. The number of rotatable bonds is 4. The molecule has 0 aromatic carbocycles. The minimum absolute atomic E-state index is 0.0261. The van der Waals surface area contributed by atoms with Crippen molar-refractivity contribution in [1.82, 2.24) is 10.6 Å². The minimum Gasteiger partial charge on any atom is -0.495 e. The van der Waals surface area contributed by atoms with Crippen LogP contribution in [-0.4, -0.2) is 32.7 Å². The molecule has 1 fully saturated rings. The van der Waals surface area contributed by atoms with E-state index in [2.05, 4.69) is 10.6 Å².